The summed E-state index contributed by atoms with van der Waals surface area (Å²) >= 11 is 5.87. The van der Waals surface area contributed by atoms with Crippen LogP contribution in [0.3, 0.4) is 0 Å². The van der Waals surface area contributed by atoms with E-state index in [2.05, 4.69) is 41.8 Å². The van der Waals surface area contributed by atoms with Crippen LogP contribution in [-0.4, -0.2) is 43.8 Å². The van der Waals surface area contributed by atoms with Crippen molar-refractivity contribution in [1.29, 1.82) is 0 Å². The van der Waals surface area contributed by atoms with Gasteiger partial charge < -0.3 is 4.90 Å². The van der Waals surface area contributed by atoms with Crippen molar-refractivity contribution < 1.29 is 13.2 Å². The Balaban J connectivity index is 1.41. The molecule has 8 heteroatoms. The van der Waals surface area contributed by atoms with Crippen molar-refractivity contribution in [2.45, 2.75) is 57.3 Å². The fourth-order valence-electron chi connectivity index (χ4n) is 5.01. The first kappa shape index (κ1) is 30.0. The van der Waals surface area contributed by atoms with Crippen LogP contribution in [0, 0.1) is 5.41 Å². The largest absolute Gasteiger partial charge is 0.342 e. The molecular formula is C32H38ClN3O3S. The average molecular weight is 580 g/mol. The highest BCUT2D eigenvalue weighted by atomic mass is 35.5. The van der Waals surface area contributed by atoms with Gasteiger partial charge in [-0.1, -0.05) is 61.9 Å². The van der Waals surface area contributed by atoms with Gasteiger partial charge in [-0.3, -0.25) is 9.78 Å². The second-order valence-corrected chi connectivity index (χ2v) is 13.1. The van der Waals surface area contributed by atoms with Gasteiger partial charge in [0, 0.05) is 48.0 Å². The minimum absolute atomic E-state index is 0.194. The van der Waals surface area contributed by atoms with Crippen molar-refractivity contribution in [2.75, 3.05) is 19.6 Å². The minimum atomic E-state index is -3.59. The Morgan fingerprint density at radius 1 is 1.00 bits per heavy atom. The summed E-state index contributed by atoms with van der Waals surface area (Å²) in [6.45, 7) is 6.13. The van der Waals surface area contributed by atoms with E-state index in [1.165, 1.54) is 18.6 Å². The molecule has 0 aliphatic carbocycles. The Kier molecular flexibility index (Phi) is 10.2. The normalized spacial score (nSPS) is 14.8. The molecule has 0 saturated carbocycles. The van der Waals surface area contributed by atoms with Crippen LogP contribution in [0.25, 0.3) is 5.57 Å². The van der Waals surface area contributed by atoms with Gasteiger partial charge in [-0.15, -0.1) is 0 Å². The van der Waals surface area contributed by atoms with Crippen LogP contribution < -0.4 is 4.72 Å². The molecule has 40 heavy (non-hydrogen) atoms. The number of amides is 1. The summed E-state index contributed by atoms with van der Waals surface area (Å²) in [5.41, 5.74) is 3.76. The number of hydrogen-bond donors (Lipinski definition) is 1. The molecule has 1 N–H and O–H groups in total. The molecule has 4 rings (SSSR count). The summed E-state index contributed by atoms with van der Waals surface area (Å²) in [4.78, 5) is 19.7. The molecule has 0 unspecified atom stereocenters. The smallest absolute Gasteiger partial charge is 0.240 e. The summed E-state index contributed by atoms with van der Waals surface area (Å²) in [7, 11) is -3.59. The van der Waals surface area contributed by atoms with Gasteiger partial charge >= 0.3 is 0 Å². The molecule has 1 aliphatic rings. The van der Waals surface area contributed by atoms with Crippen molar-refractivity contribution >= 4 is 33.1 Å². The van der Waals surface area contributed by atoms with Crippen LogP contribution in [0.1, 0.15) is 62.6 Å². The van der Waals surface area contributed by atoms with Gasteiger partial charge in [-0.05, 0) is 85.6 Å². The van der Waals surface area contributed by atoms with E-state index in [-0.39, 0.29) is 17.3 Å². The van der Waals surface area contributed by atoms with E-state index in [1.54, 1.807) is 18.3 Å². The van der Waals surface area contributed by atoms with E-state index < -0.39 is 15.4 Å². The van der Waals surface area contributed by atoms with Gasteiger partial charge in [-0.2, -0.15) is 0 Å². The van der Waals surface area contributed by atoms with Crippen molar-refractivity contribution in [2.24, 2.45) is 5.41 Å². The number of nitrogens with zero attached hydrogens (tertiary/aromatic N) is 2. The molecule has 1 amide bonds. The zero-order chi connectivity index (χ0) is 28.6. The van der Waals surface area contributed by atoms with Gasteiger partial charge in [0.2, 0.25) is 15.9 Å². The number of sulfonamides is 1. The van der Waals surface area contributed by atoms with Gasteiger partial charge in [0.25, 0.3) is 0 Å². The van der Waals surface area contributed by atoms with Crippen LogP contribution in [0.4, 0.5) is 0 Å². The number of piperidine rings is 1. The average Bonchev–Trinajstić information content (AvgIpc) is 2.96. The molecule has 0 bridgehead atoms. The first-order chi connectivity index (χ1) is 19.2. The van der Waals surface area contributed by atoms with Crippen LogP contribution in [0.15, 0.2) is 84.0 Å². The van der Waals surface area contributed by atoms with Gasteiger partial charge in [0.05, 0.1) is 4.90 Å². The molecule has 1 fully saturated rings. The Hall–Kier alpha value is -3.00. The Morgan fingerprint density at radius 2 is 1.70 bits per heavy atom. The van der Waals surface area contributed by atoms with E-state index >= 15 is 0 Å². The SMILES string of the molecule is CC(C)(CCC=C(c1ccc(CCNS(=O)(=O)c2ccc(Cl)cc2)cc1)c1cccnc1)C(=O)N1CCCCC1. The van der Waals surface area contributed by atoms with Crippen LogP contribution in [0.5, 0.6) is 0 Å². The van der Waals surface area contributed by atoms with Crippen LogP contribution in [0.2, 0.25) is 5.02 Å². The molecule has 1 aliphatic heterocycles. The summed E-state index contributed by atoms with van der Waals surface area (Å²) in [5, 5.41) is 0.494. The molecule has 1 aromatic heterocycles. The van der Waals surface area contributed by atoms with Gasteiger partial charge in [-0.25, -0.2) is 13.1 Å². The molecule has 0 atom stereocenters. The van der Waals surface area contributed by atoms with E-state index in [1.807, 2.05) is 35.4 Å². The molecule has 1 saturated heterocycles. The monoisotopic (exact) mass is 579 g/mol. The lowest BCUT2D eigenvalue weighted by atomic mass is 9.84. The molecule has 3 aromatic rings. The maximum atomic E-state index is 13.2. The van der Waals surface area contributed by atoms with Crippen molar-refractivity contribution in [3.05, 3.63) is 101 Å². The first-order valence-corrected chi connectivity index (χ1v) is 15.8. The predicted molar refractivity (Wildman–Crippen MR) is 162 cm³/mol. The number of allylic oxidation sites excluding steroid dienone is 1. The third-order valence-corrected chi connectivity index (χ3v) is 9.14. The number of rotatable bonds is 11. The summed E-state index contributed by atoms with van der Waals surface area (Å²) < 4.78 is 27.8. The topological polar surface area (TPSA) is 79.4 Å². The molecule has 2 aromatic carbocycles. The van der Waals surface area contributed by atoms with E-state index in [9.17, 15) is 13.2 Å². The van der Waals surface area contributed by atoms with Crippen molar-refractivity contribution in [3.8, 4) is 0 Å². The standard InChI is InChI=1S/C32H38ClN3O3S/c1-32(2,31(37)36-22-4-3-5-23-36)19-6-9-30(27-8-7-20-34-24-27)26-12-10-25(11-13-26)18-21-35-40(38,39)29-16-14-28(33)15-17-29/h7-17,20,24,35H,3-6,18-19,21-23H2,1-2H3. The fourth-order valence-corrected chi connectivity index (χ4v) is 6.17. The Labute approximate surface area is 243 Å². The number of benzene rings is 2. The number of nitrogens with one attached hydrogen (secondary N) is 1. The predicted octanol–water partition coefficient (Wildman–Crippen LogP) is 6.51. The number of aromatic nitrogens is 1. The van der Waals surface area contributed by atoms with Crippen molar-refractivity contribution in [3.63, 3.8) is 0 Å². The third-order valence-electron chi connectivity index (χ3n) is 7.41. The number of pyridine rings is 1. The lowest BCUT2D eigenvalue weighted by Gasteiger charge is -2.34. The van der Waals surface area contributed by atoms with E-state index in [4.69, 9.17) is 11.6 Å². The molecule has 0 spiro atoms. The Morgan fingerprint density at radius 3 is 2.35 bits per heavy atom. The molecule has 0 radical (unpaired) electrons. The summed E-state index contributed by atoms with van der Waals surface area (Å²) in [5.74, 6) is 0.250. The number of hydrogen-bond acceptors (Lipinski definition) is 4. The lowest BCUT2D eigenvalue weighted by Crippen LogP contribution is -2.43. The lowest BCUT2D eigenvalue weighted by molar-refractivity contribution is -0.141. The summed E-state index contributed by atoms with van der Waals surface area (Å²) in [6, 6.07) is 18.3. The quantitative estimate of drug-likeness (QED) is 0.281. The first-order valence-electron chi connectivity index (χ1n) is 13.9. The number of likely N-dealkylation sites (tertiary alicyclic amines) is 1. The Bertz CT molecular complexity index is 1400. The zero-order valence-corrected chi connectivity index (χ0v) is 24.8. The fraction of sp³-hybridized carbons (Fsp3) is 0.375. The number of carbonyl (C=O) groups excluding carboxylic acids is 1. The highest BCUT2D eigenvalue weighted by Crippen LogP contribution is 2.30. The summed E-state index contributed by atoms with van der Waals surface area (Å²) in [6.07, 6.45) is 11.3. The van der Waals surface area contributed by atoms with Gasteiger partial charge in [0.1, 0.15) is 0 Å². The zero-order valence-electron chi connectivity index (χ0n) is 23.3. The number of carbonyl (C=O) groups is 1. The van der Waals surface area contributed by atoms with Crippen LogP contribution >= 0.6 is 11.6 Å². The highest BCUT2D eigenvalue weighted by Gasteiger charge is 2.31. The van der Waals surface area contributed by atoms with Crippen LogP contribution in [-0.2, 0) is 21.2 Å². The second-order valence-electron chi connectivity index (χ2n) is 10.9. The van der Waals surface area contributed by atoms with E-state index in [0.29, 0.717) is 11.4 Å². The molecule has 2 heterocycles. The molecule has 6 nitrogen and oxygen atoms in total. The maximum Gasteiger partial charge on any atom is 0.240 e. The minimum Gasteiger partial charge on any atom is -0.342 e. The molecule has 212 valence electrons. The maximum absolute atomic E-state index is 13.2. The highest BCUT2D eigenvalue weighted by molar-refractivity contribution is 7.89. The molecular weight excluding hydrogens is 542 g/mol. The number of halogens is 1. The van der Waals surface area contributed by atoms with E-state index in [0.717, 1.165) is 61.0 Å². The van der Waals surface area contributed by atoms with Gasteiger partial charge in [0.15, 0.2) is 0 Å². The van der Waals surface area contributed by atoms with Crippen molar-refractivity contribution in [1.82, 2.24) is 14.6 Å². The second kappa shape index (κ2) is 13.6. The third kappa shape index (κ3) is 8.03.